The zero-order valence-electron chi connectivity index (χ0n) is 11.3. The molecule has 1 aromatic carbocycles. The molecule has 0 radical (unpaired) electrons. The number of benzene rings is 1. The lowest BCUT2D eigenvalue weighted by Gasteiger charge is -2.42. The summed E-state index contributed by atoms with van der Waals surface area (Å²) in [6.45, 7) is 3.09. The van der Waals surface area contributed by atoms with E-state index in [1.54, 1.807) is 21.9 Å². The third-order valence-corrected chi connectivity index (χ3v) is 3.91. The normalized spacial score (nSPS) is 22.3. The molecule has 0 bridgehead atoms. The maximum Gasteiger partial charge on any atom is 0.254 e. The lowest BCUT2D eigenvalue weighted by Crippen LogP contribution is -2.60. The van der Waals surface area contributed by atoms with Crippen LogP contribution in [0, 0.1) is 0 Å². The van der Waals surface area contributed by atoms with Gasteiger partial charge in [-0.25, -0.2) is 0 Å². The van der Waals surface area contributed by atoms with Gasteiger partial charge in [0, 0.05) is 25.2 Å². The van der Waals surface area contributed by atoms with Crippen LogP contribution in [0.4, 0.5) is 0 Å². The molecule has 0 N–H and O–H groups in total. The Bertz CT molecular complexity index is 497. The molecule has 0 unspecified atom stereocenters. The SMILES string of the molecule is O=C([C@@H]1CCN1C(=O)c1ccccc1)N1CCOCC1. The molecule has 0 spiro atoms. The molecule has 0 aliphatic carbocycles. The summed E-state index contributed by atoms with van der Waals surface area (Å²) in [6.07, 6.45) is 0.759. The third kappa shape index (κ3) is 2.41. The molecule has 0 saturated carbocycles. The predicted octanol–water partition coefficient (Wildman–Crippen LogP) is 0.760. The number of morpholine rings is 1. The summed E-state index contributed by atoms with van der Waals surface area (Å²) in [4.78, 5) is 28.2. The van der Waals surface area contributed by atoms with E-state index in [0.717, 1.165) is 6.42 Å². The topological polar surface area (TPSA) is 49.9 Å². The second-order valence-corrected chi connectivity index (χ2v) is 5.11. The number of carbonyl (C=O) groups excluding carboxylic acids is 2. The van der Waals surface area contributed by atoms with Gasteiger partial charge in [-0.05, 0) is 18.6 Å². The number of likely N-dealkylation sites (tertiary alicyclic amines) is 1. The number of ether oxygens (including phenoxy) is 1. The standard InChI is InChI=1S/C15H18N2O3/c18-14(12-4-2-1-3-5-12)17-7-6-13(17)15(19)16-8-10-20-11-9-16/h1-5,13H,6-11H2/t13-/m0/s1. The van der Waals surface area contributed by atoms with Crippen LogP contribution < -0.4 is 0 Å². The van der Waals surface area contributed by atoms with Gasteiger partial charge in [0.2, 0.25) is 5.91 Å². The summed E-state index contributed by atoms with van der Waals surface area (Å²) in [5.41, 5.74) is 0.645. The number of hydrogen-bond acceptors (Lipinski definition) is 3. The second kappa shape index (κ2) is 5.63. The van der Waals surface area contributed by atoms with E-state index in [9.17, 15) is 9.59 Å². The van der Waals surface area contributed by atoms with E-state index in [2.05, 4.69) is 0 Å². The van der Waals surface area contributed by atoms with E-state index < -0.39 is 0 Å². The van der Waals surface area contributed by atoms with Crippen molar-refractivity contribution in [2.24, 2.45) is 0 Å². The fourth-order valence-electron chi connectivity index (χ4n) is 2.63. The van der Waals surface area contributed by atoms with Gasteiger partial charge in [0.1, 0.15) is 6.04 Å². The zero-order chi connectivity index (χ0) is 13.9. The first-order chi connectivity index (χ1) is 9.77. The molecule has 1 atom stereocenters. The summed E-state index contributed by atoms with van der Waals surface area (Å²) < 4.78 is 5.25. The highest BCUT2D eigenvalue weighted by Crippen LogP contribution is 2.22. The Hall–Kier alpha value is -1.88. The van der Waals surface area contributed by atoms with E-state index in [1.807, 2.05) is 18.2 Å². The molecule has 2 fully saturated rings. The lowest BCUT2D eigenvalue weighted by atomic mass is 9.99. The van der Waals surface area contributed by atoms with Gasteiger partial charge in [0.15, 0.2) is 0 Å². The molecule has 3 rings (SSSR count). The first kappa shape index (κ1) is 13.1. The van der Waals surface area contributed by atoms with Gasteiger partial charge in [0.25, 0.3) is 5.91 Å². The van der Waals surface area contributed by atoms with Crippen molar-refractivity contribution in [2.75, 3.05) is 32.8 Å². The van der Waals surface area contributed by atoms with Gasteiger partial charge in [0.05, 0.1) is 13.2 Å². The van der Waals surface area contributed by atoms with Crippen LogP contribution in [0.2, 0.25) is 0 Å². The average Bonchev–Trinajstić information content (AvgIpc) is 2.48. The highest BCUT2D eigenvalue weighted by molar-refractivity contribution is 5.98. The Labute approximate surface area is 118 Å². The first-order valence-electron chi connectivity index (χ1n) is 7.00. The maximum atomic E-state index is 12.4. The molecule has 2 aliphatic rings. The highest BCUT2D eigenvalue weighted by atomic mass is 16.5. The molecule has 2 amide bonds. The minimum absolute atomic E-state index is 0.0524. The van der Waals surface area contributed by atoms with Crippen molar-refractivity contribution in [3.8, 4) is 0 Å². The molecule has 5 heteroatoms. The van der Waals surface area contributed by atoms with Crippen molar-refractivity contribution in [3.63, 3.8) is 0 Å². The Morgan fingerprint density at radius 1 is 1.05 bits per heavy atom. The van der Waals surface area contributed by atoms with Gasteiger partial charge in [-0.15, -0.1) is 0 Å². The molecular formula is C15H18N2O3. The molecule has 20 heavy (non-hydrogen) atoms. The van der Waals surface area contributed by atoms with Crippen LogP contribution in [0.5, 0.6) is 0 Å². The fourth-order valence-corrected chi connectivity index (χ4v) is 2.63. The number of amides is 2. The minimum Gasteiger partial charge on any atom is -0.378 e. The zero-order valence-corrected chi connectivity index (χ0v) is 11.3. The van der Waals surface area contributed by atoms with Crippen LogP contribution in [0.25, 0.3) is 0 Å². The third-order valence-electron chi connectivity index (χ3n) is 3.91. The highest BCUT2D eigenvalue weighted by Gasteiger charge is 2.40. The number of rotatable bonds is 2. The van der Waals surface area contributed by atoms with Crippen LogP contribution in [0.3, 0.4) is 0 Å². The maximum absolute atomic E-state index is 12.4. The van der Waals surface area contributed by atoms with Crippen molar-refractivity contribution >= 4 is 11.8 Å². The first-order valence-corrected chi connectivity index (χ1v) is 7.00. The van der Waals surface area contributed by atoms with E-state index >= 15 is 0 Å². The van der Waals surface area contributed by atoms with Crippen molar-refractivity contribution in [1.82, 2.24) is 9.80 Å². The van der Waals surface area contributed by atoms with Gasteiger partial charge in [-0.1, -0.05) is 18.2 Å². The monoisotopic (exact) mass is 274 g/mol. The predicted molar refractivity (Wildman–Crippen MR) is 73.3 cm³/mol. The van der Waals surface area contributed by atoms with E-state index in [1.165, 1.54) is 0 Å². The quantitative estimate of drug-likeness (QED) is 0.800. The summed E-state index contributed by atoms with van der Waals surface area (Å²) in [7, 11) is 0. The Morgan fingerprint density at radius 2 is 1.75 bits per heavy atom. The molecule has 2 saturated heterocycles. The van der Waals surface area contributed by atoms with Gasteiger partial charge in [-0.3, -0.25) is 9.59 Å². The molecule has 106 valence electrons. The summed E-state index contributed by atoms with van der Waals surface area (Å²) in [5, 5.41) is 0. The molecule has 0 aromatic heterocycles. The Kier molecular flexibility index (Phi) is 3.69. The van der Waals surface area contributed by atoms with E-state index in [-0.39, 0.29) is 17.9 Å². The average molecular weight is 274 g/mol. The molecule has 5 nitrogen and oxygen atoms in total. The second-order valence-electron chi connectivity index (χ2n) is 5.11. The van der Waals surface area contributed by atoms with E-state index in [0.29, 0.717) is 38.4 Å². The van der Waals surface area contributed by atoms with Crippen LogP contribution in [-0.2, 0) is 9.53 Å². The van der Waals surface area contributed by atoms with Crippen LogP contribution in [0.1, 0.15) is 16.8 Å². The fraction of sp³-hybridized carbons (Fsp3) is 0.467. The van der Waals surface area contributed by atoms with Crippen molar-refractivity contribution in [2.45, 2.75) is 12.5 Å². The van der Waals surface area contributed by atoms with Gasteiger partial charge >= 0.3 is 0 Å². The number of nitrogens with zero attached hydrogens (tertiary/aromatic N) is 2. The van der Waals surface area contributed by atoms with Gasteiger partial charge in [-0.2, -0.15) is 0 Å². The van der Waals surface area contributed by atoms with Crippen LogP contribution in [0.15, 0.2) is 30.3 Å². The molecule has 2 aliphatic heterocycles. The smallest absolute Gasteiger partial charge is 0.254 e. The molecular weight excluding hydrogens is 256 g/mol. The summed E-state index contributed by atoms with van der Waals surface area (Å²) in [5.74, 6) is 0.00675. The van der Waals surface area contributed by atoms with Crippen LogP contribution >= 0.6 is 0 Å². The van der Waals surface area contributed by atoms with Crippen molar-refractivity contribution < 1.29 is 14.3 Å². The summed E-state index contributed by atoms with van der Waals surface area (Å²) in [6, 6.07) is 8.84. The largest absolute Gasteiger partial charge is 0.378 e. The van der Waals surface area contributed by atoms with Gasteiger partial charge < -0.3 is 14.5 Å². The molecule has 2 heterocycles. The number of hydrogen-bond donors (Lipinski definition) is 0. The lowest BCUT2D eigenvalue weighted by molar-refractivity contribution is -0.143. The Balaban J connectivity index is 1.67. The minimum atomic E-state index is -0.291. The van der Waals surface area contributed by atoms with Crippen molar-refractivity contribution in [1.29, 1.82) is 0 Å². The van der Waals surface area contributed by atoms with E-state index in [4.69, 9.17) is 4.74 Å². The Morgan fingerprint density at radius 3 is 2.35 bits per heavy atom. The summed E-state index contributed by atoms with van der Waals surface area (Å²) >= 11 is 0. The number of carbonyl (C=O) groups is 2. The van der Waals surface area contributed by atoms with Crippen molar-refractivity contribution in [3.05, 3.63) is 35.9 Å². The molecule has 1 aromatic rings. The van der Waals surface area contributed by atoms with Crippen LogP contribution in [-0.4, -0.2) is 60.5 Å².